The first-order chi connectivity index (χ1) is 8.58. The summed E-state index contributed by atoms with van der Waals surface area (Å²) < 4.78 is 7.49. The Hall–Kier alpha value is -2.28. The first-order valence-electron chi connectivity index (χ1n) is 5.01. The Kier molecular flexibility index (Phi) is 3.33. The number of nitrogens with zero attached hydrogens (tertiary/aromatic N) is 2. The lowest BCUT2D eigenvalue weighted by Crippen LogP contribution is -2.15. The average Bonchev–Trinajstić information content (AvgIpc) is 2.84. The maximum atomic E-state index is 11.7. The third kappa shape index (κ3) is 2.51. The number of carbonyl (C=O) groups is 2. The number of anilines is 1. The Morgan fingerprint density at radius 3 is 2.78 bits per heavy atom. The van der Waals surface area contributed by atoms with Gasteiger partial charge in [-0.1, -0.05) is 11.6 Å². The van der Waals surface area contributed by atoms with Gasteiger partial charge in [-0.3, -0.25) is 4.79 Å². The quantitative estimate of drug-likeness (QED) is 0.880. The molecule has 0 saturated heterocycles. The highest BCUT2D eigenvalue weighted by atomic mass is 32.1. The third-order valence-corrected chi connectivity index (χ3v) is 2.73. The lowest BCUT2D eigenvalue weighted by atomic mass is 10.1. The van der Waals surface area contributed by atoms with Crippen molar-refractivity contribution in [2.24, 2.45) is 0 Å². The second kappa shape index (κ2) is 4.92. The first-order valence-corrected chi connectivity index (χ1v) is 5.74. The molecule has 1 amide bonds. The van der Waals surface area contributed by atoms with Gasteiger partial charge in [-0.15, -0.1) is 0 Å². The van der Waals surface area contributed by atoms with Gasteiger partial charge in [0.2, 0.25) is 0 Å². The fourth-order valence-corrected chi connectivity index (χ4v) is 1.81. The molecule has 0 aliphatic rings. The van der Waals surface area contributed by atoms with Crippen LogP contribution >= 0.6 is 11.7 Å². The van der Waals surface area contributed by atoms with Crippen LogP contribution in [0.5, 0.6) is 0 Å². The maximum Gasteiger partial charge on any atom is 0.337 e. The van der Waals surface area contributed by atoms with Gasteiger partial charge in [0.25, 0.3) is 5.91 Å². The molecule has 92 valence electrons. The highest BCUT2D eigenvalue weighted by Crippen LogP contribution is 2.18. The summed E-state index contributed by atoms with van der Waals surface area (Å²) in [5.74, 6) is -1.57. The molecule has 0 saturated carbocycles. The molecule has 0 bridgehead atoms. The molecule has 1 aromatic heterocycles. The van der Waals surface area contributed by atoms with E-state index >= 15 is 0 Å². The summed E-state index contributed by atoms with van der Waals surface area (Å²) >= 11 is 0.914. The van der Waals surface area contributed by atoms with Crippen LogP contribution in [-0.4, -0.2) is 25.7 Å². The summed E-state index contributed by atoms with van der Waals surface area (Å²) in [5, 5.41) is 11.6. The molecule has 0 fully saturated rings. The fraction of sp³-hybridized carbons (Fsp3) is 0.0909. The number of carbonyl (C=O) groups excluding carboxylic acids is 1. The largest absolute Gasteiger partial charge is 0.478 e. The Bertz CT molecular complexity index is 596. The van der Waals surface area contributed by atoms with Crippen molar-refractivity contribution in [3.05, 3.63) is 41.2 Å². The molecule has 1 aromatic carbocycles. The molecule has 18 heavy (non-hydrogen) atoms. The van der Waals surface area contributed by atoms with Crippen LogP contribution in [0.3, 0.4) is 0 Å². The average molecular weight is 263 g/mol. The molecular formula is C11H9N3O3S. The van der Waals surface area contributed by atoms with Crippen LogP contribution in [0.2, 0.25) is 0 Å². The van der Waals surface area contributed by atoms with Gasteiger partial charge < -0.3 is 10.4 Å². The Morgan fingerprint density at radius 1 is 1.39 bits per heavy atom. The predicted octanol–water partition coefficient (Wildman–Crippen LogP) is 1.80. The number of hydrogen-bond acceptors (Lipinski definition) is 5. The lowest BCUT2D eigenvalue weighted by molar-refractivity contribution is 0.0698. The van der Waals surface area contributed by atoms with E-state index in [2.05, 4.69) is 14.1 Å². The minimum Gasteiger partial charge on any atom is -0.478 e. The number of amides is 1. The Balaban J connectivity index is 2.29. The monoisotopic (exact) mass is 263 g/mol. The highest BCUT2D eigenvalue weighted by molar-refractivity contribution is 6.99. The molecule has 0 radical (unpaired) electrons. The number of benzene rings is 1. The second-order valence-electron chi connectivity index (χ2n) is 3.60. The van der Waals surface area contributed by atoms with E-state index in [4.69, 9.17) is 5.11 Å². The van der Waals surface area contributed by atoms with E-state index in [1.54, 1.807) is 19.1 Å². The summed E-state index contributed by atoms with van der Waals surface area (Å²) in [7, 11) is 0. The van der Waals surface area contributed by atoms with Gasteiger partial charge in [0.05, 0.1) is 29.2 Å². The minimum atomic E-state index is -1.09. The molecule has 6 nitrogen and oxygen atoms in total. The van der Waals surface area contributed by atoms with Gasteiger partial charge in [0.1, 0.15) is 0 Å². The second-order valence-corrected chi connectivity index (χ2v) is 4.16. The van der Waals surface area contributed by atoms with Crippen LogP contribution in [-0.2, 0) is 0 Å². The van der Waals surface area contributed by atoms with E-state index in [1.165, 1.54) is 12.3 Å². The molecular weight excluding hydrogens is 254 g/mol. The molecule has 2 aromatic rings. The zero-order valence-electron chi connectivity index (χ0n) is 9.38. The number of aryl methyl sites for hydroxylation is 1. The summed E-state index contributed by atoms with van der Waals surface area (Å²) in [6.45, 7) is 1.78. The van der Waals surface area contributed by atoms with Gasteiger partial charge in [-0.2, -0.15) is 8.75 Å². The number of rotatable bonds is 3. The van der Waals surface area contributed by atoms with Crippen LogP contribution in [0.4, 0.5) is 5.69 Å². The SMILES string of the molecule is Cc1ccc(NC(=O)c2cnsn2)c(C(=O)O)c1. The summed E-state index contributed by atoms with van der Waals surface area (Å²) in [4.78, 5) is 22.8. The van der Waals surface area contributed by atoms with E-state index in [0.29, 0.717) is 0 Å². The summed E-state index contributed by atoms with van der Waals surface area (Å²) in [6, 6.07) is 4.77. The van der Waals surface area contributed by atoms with Crippen molar-refractivity contribution in [1.82, 2.24) is 8.75 Å². The van der Waals surface area contributed by atoms with Gasteiger partial charge >= 0.3 is 5.97 Å². The number of carboxylic acids is 1. The molecule has 0 unspecified atom stereocenters. The number of aromatic nitrogens is 2. The fourth-order valence-electron chi connectivity index (χ4n) is 1.40. The van der Waals surface area contributed by atoms with Crippen molar-refractivity contribution in [1.29, 1.82) is 0 Å². The summed E-state index contributed by atoms with van der Waals surface area (Å²) in [5.41, 5.74) is 1.26. The number of hydrogen-bond donors (Lipinski definition) is 2. The zero-order valence-corrected chi connectivity index (χ0v) is 10.2. The van der Waals surface area contributed by atoms with E-state index in [1.807, 2.05) is 0 Å². The minimum absolute atomic E-state index is 0.0477. The van der Waals surface area contributed by atoms with Crippen molar-refractivity contribution < 1.29 is 14.7 Å². The van der Waals surface area contributed by atoms with Crippen LogP contribution in [0.25, 0.3) is 0 Å². The van der Waals surface area contributed by atoms with E-state index in [9.17, 15) is 9.59 Å². The van der Waals surface area contributed by atoms with Gasteiger partial charge in [0.15, 0.2) is 5.69 Å². The number of aromatic carboxylic acids is 1. The van der Waals surface area contributed by atoms with Crippen LogP contribution in [0.1, 0.15) is 26.4 Å². The first kappa shape index (κ1) is 12.2. The van der Waals surface area contributed by atoms with E-state index < -0.39 is 11.9 Å². The van der Waals surface area contributed by atoms with Crippen molar-refractivity contribution in [2.45, 2.75) is 6.92 Å². The number of carboxylic acid groups (broad SMARTS) is 1. The van der Waals surface area contributed by atoms with E-state index in [-0.39, 0.29) is 16.9 Å². The van der Waals surface area contributed by atoms with Crippen molar-refractivity contribution >= 4 is 29.3 Å². The normalized spacial score (nSPS) is 10.1. The molecule has 2 rings (SSSR count). The maximum absolute atomic E-state index is 11.7. The Morgan fingerprint density at radius 2 is 2.17 bits per heavy atom. The molecule has 0 atom stereocenters. The lowest BCUT2D eigenvalue weighted by Gasteiger charge is -2.07. The van der Waals surface area contributed by atoms with Crippen molar-refractivity contribution in [2.75, 3.05) is 5.32 Å². The standard InChI is InChI=1S/C11H9N3O3S/c1-6-2-3-8(7(4-6)11(16)17)13-10(15)9-5-12-18-14-9/h2-5H,1H3,(H,13,15)(H,16,17). The number of nitrogens with one attached hydrogen (secondary N) is 1. The molecule has 2 N–H and O–H groups in total. The van der Waals surface area contributed by atoms with Crippen LogP contribution in [0.15, 0.2) is 24.4 Å². The smallest absolute Gasteiger partial charge is 0.337 e. The molecule has 0 aliphatic heterocycles. The molecule has 0 aliphatic carbocycles. The third-order valence-electron chi connectivity index (χ3n) is 2.25. The van der Waals surface area contributed by atoms with Crippen LogP contribution < -0.4 is 5.32 Å². The Labute approximate surface area is 107 Å². The van der Waals surface area contributed by atoms with E-state index in [0.717, 1.165) is 17.3 Å². The van der Waals surface area contributed by atoms with Gasteiger partial charge in [-0.25, -0.2) is 4.79 Å². The summed E-state index contributed by atoms with van der Waals surface area (Å²) in [6.07, 6.45) is 1.33. The molecule has 1 heterocycles. The predicted molar refractivity (Wildman–Crippen MR) is 66.0 cm³/mol. The van der Waals surface area contributed by atoms with Crippen molar-refractivity contribution in [3.8, 4) is 0 Å². The zero-order chi connectivity index (χ0) is 13.1. The van der Waals surface area contributed by atoms with Gasteiger partial charge in [0, 0.05) is 0 Å². The highest BCUT2D eigenvalue weighted by Gasteiger charge is 2.15. The van der Waals surface area contributed by atoms with Gasteiger partial charge in [-0.05, 0) is 19.1 Å². The topological polar surface area (TPSA) is 92.2 Å². The van der Waals surface area contributed by atoms with Crippen LogP contribution in [0, 0.1) is 6.92 Å². The van der Waals surface area contributed by atoms with Crippen molar-refractivity contribution in [3.63, 3.8) is 0 Å². The molecule has 0 spiro atoms. The molecule has 7 heteroatoms.